The molecule has 0 saturated carbocycles. The van der Waals surface area contributed by atoms with E-state index in [2.05, 4.69) is 5.32 Å². The van der Waals surface area contributed by atoms with Gasteiger partial charge in [0.15, 0.2) is 0 Å². The Labute approximate surface area is 116 Å². The van der Waals surface area contributed by atoms with Crippen LogP contribution in [0.15, 0.2) is 42.5 Å². The summed E-state index contributed by atoms with van der Waals surface area (Å²) in [4.78, 5) is 0. The molecule has 0 unspecified atom stereocenters. The van der Waals surface area contributed by atoms with Crippen LogP contribution in [0.1, 0.15) is 5.56 Å². The molecule has 0 amide bonds. The van der Waals surface area contributed by atoms with Gasteiger partial charge in [0, 0.05) is 27.8 Å². The highest BCUT2D eigenvalue weighted by Gasteiger charge is 2.07. The maximum atomic E-state index is 6.16. The normalized spacial score (nSPS) is 10.2. The summed E-state index contributed by atoms with van der Waals surface area (Å²) in [6.45, 7) is 0.586. The van der Waals surface area contributed by atoms with Gasteiger partial charge in [0.05, 0.1) is 7.11 Å². The van der Waals surface area contributed by atoms with E-state index in [1.807, 2.05) is 42.5 Å². The van der Waals surface area contributed by atoms with Crippen molar-refractivity contribution in [3.8, 4) is 5.75 Å². The molecule has 2 aromatic carbocycles. The van der Waals surface area contributed by atoms with Gasteiger partial charge in [-0.15, -0.1) is 0 Å². The predicted molar refractivity (Wildman–Crippen MR) is 76.8 cm³/mol. The Balaban J connectivity index is 2.15. The van der Waals surface area contributed by atoms with Gasteiger partial charge in [0.1, 0.15) is 5.75 Å². The summed E-state index contributed by atoms with van der Waals surface area (Å²) >= 11 is 12.1. The van der Waals surface area contributed by atoms with Crippen molar-refractivity contribution in [3.05, 3.63) is 58.1 Å². The fraction of sp³-hybridized carbons (Fsp3) is 0.143. The molecule has 0 aromatic heterocycles. The molecule has 0 spiro atoms. The molecule has 0 atom stereocenters. The molecule has 2 rings (SSSR count). The molecule has 0 fully saturated rings. The number of methoxy groups -OCH3 is 1. The van der Waals surface area contributed by atoms with Crippen LogP contribution in [0.4, 0.5) is 5.69 Å². The number of halogens is 2. The van der Waals surface area contributed by atoms with Crippen molar-refractivity contribution in [3.63, 3.8) is 0 Å². The molecular weight excluding hydrogens is 269 g/mol. The molecule has 0 radical (unpaired) electrons. The summed E-state index contributed by atoms with van der Waals surface area (Å²) in [7, 11) is 1.63. The fourth-order valence-electron chi connectivity index (χ4n) is 1.69. The zero-order valence-electron chi connectivity index (χ0n) is 9.91. The lowest BCUT2D eigenvalue weighted by Gasteiger charge is -2.12. The number of benzene rings is 2. The van der Waals surface area contributed by atoms with E-state index in [0.717, 1.165) is 17.0 Å². The number of nitrogens with one attached hydrogen (secondary N) is 1. The van der Waals surface area contributed by atoms with E-state index in [1.165, 1.54) is 0 Å². The molecule has 18 heavy (non-hydrogen) atoms. The fourth-order valence-corrected chi connectivity index (χ4v) is 2.11. The third-order valence-corrected chi connectivity index (χ3v) is 3.18. The lowest BCUT2D eigenvalue weighted by molar-refractivity contribution is 0.410. The van der Waals surface area contributed by atoms with Crippen molar-refractivity contribution < 1.29 is 4.74 Å². The quantitative estimate of drug-likeness (QED) is 0.883. The average Bonchev–Trinajstić information content (AvgIpc) is 2.37. The molecule has 1 N–H and O–H groups in total. The largest absolute Gasteiger partial charge is 0.496 e. The molecule has 2 nitrogen and oxygen atoms in total. The smallest absolute Gasteiger partial charge is 0.125 e. The minimum Gasteiger partial charge on any atom is -0.496 e. The van der Waals surface area contributed by atoms with Gasteiger partial charge in [-0.25, -0.2) is 0 Å². The first kappa shape index (κ1) is 13.1. The summed E-state index contributed by atoms with van der Waals surface area (Å²) < 4.78 is 5.29. The molecule has 0 aliphatic heterocycles. The van der Waals surface area contributed by atoms with E-state index in [0.29, 0.717) is 16.6 Å². The van der Waals surface area contributed by atoms with Crippen molar-refractivity contribution in [1.82, 2.24) is 0 Å². The molecule has 0 saturated heterocycles. The van der Waals surface area contributed by atoms with Gasteiger partial charge in [0.2, 0.25) is 0 Å². The number of ether oxygens (including phenoxy) is 1. The SMILES string of the molecule is COc1cccc(Cl)c1CNc1cccc(Cl)c1. The van der Waals surface area contributed by atoms with E-state index in [9.17, 15) is 0 Å². The second-order valence-electron chi connectivity index (χ2n) is 3.78. The van der Waals surface area contributed by atoms with Crippen molar-refractivity contribution in [2.45, 2.75) is 6.54 Å². The first-order valence-electron chi connectivity index (χ1n) is 5.51. The van der Waals surface area contributed by atoms with Crippen LogP contribution in [-0.4, -0.2) is 7.11 Å². The van der Waals surface area contributed by atoms with Crippen LogP contribution in [0.5, 0.6) is 5.75 Å². The van der Waals surface area contributed by atoms with Crippen LogP contribution < -0.4 is 10.1 Å². The predicted octanol–water partition coefficient (Wildman–Crippen LogP) is 4.61. The highest BCUT2D eigenvalue weighted by molar-refractivity contribution is 6.31. The van der Waals surface area contributed by atoms with Gasteiger partial charge in [-0.1, -0.05) is 35.3 Å². The van der Waals surface area contributed by atoms with E-state index in [4.69, 9.17) is 27.9 Å². The summed E-state index contributed by atoms with van der Waals surface area (Å²) in [5.74, 6) is 0.775. The van der Waals surface area contributed by atoms with Gasteiger partial charge in [-0.2, -0.15) is 0 Å². The number of hydrogen-bond acceptors (Lipinski definition) is 2. The number of rotatable bonds is 4. The molecule has 0 aliphatic rings. The maximum absolute atomic E-state index is 6.16. The van der Waals surface area contributed by atoms with Crippen LogP contribution in [-0.2, 0) is 6.54 Å². The molecule has 0 bridgehead atoms. The molecule has 0 aliphatic carbocycles. The molecular formula is C14H13Cl2NO. The van der Waals surface area contributed by atoms with Crippen molar-refractivity contribution in [2.24, 2.45) is 0 Å². The first-order valence-corrected chi connectivity index (χ1v) is 6.27. The van der Waals surface area contributed by atoms with Crippen LogP contribution in [0, 0.1) is 0 Å². The van der Waals surface area contributed by atoms with E-state index >= 15 is 0 Å². The van der Waals surface area contributed by atoms with Crippen LogP contribution in [0.25, 0.3) is 0 Å². The van der Waals surface area contributed by atoms with Crippen molar-refractivity contribution in [1.29, 1.82) is 0 Å². The van der Waals surface area contributed by atoms with Gasteiger partial charge >= 0.3 is 0 Å². The Morgan fingerprint density at radius 3 is 2.61 bits per heavy atom. The van der Waals surface area contributed by atoms with Crippen molar-refractivity contribution >= 4 is 28.9 Å². The first-order chi connectivity index (χ1) is 8.70. The second-order valence-corrected chi connectivity index (χ2v) is 4.63. The second kappa shape index (κ2) is 5.98. The minimum atomic E-state index is 0.586. The molecule has 0 heterocycles. The summed E-state index contributed by atoms with van der Waals surface area (Å²) in [5, 5.41) is 4.65. The third-order valence-electron chi connectivity index (χ3n) is 2.59. The van der Waals surface area contributed by atoms with Crippen LogP contribution in [0.3, 0.4) is 0 Å². The Bertz CT molecular complexity index is 543. The minimum absolute atomic E-state index is 0.586. The van der Waals surface area contributed by atoms with E-state index in [-0.39, 0.29) is 0 Å². The number of anilines is 1. The van der Waals surface area contributed by atoms with Crippen LogP contribution >= 0.6 is 23.2 Å². The van der Waals surface area contributed by atoms with Crippen molar-refractivity contribution in [2.75, 3.05) is 12.4 Å². The van der Waals surface area contributed by atoms with Gasteiger partial charge < -0.3 is 10.1 Å². The number of hydrogen-bond donors (Lipinski definition) is 1. The lowest BCUT2D eigenvalue weighted by atomic mass is 10.2. The maximum Gasteiger partial charge on any atom is 0.125 e. The Morgan fingerprint density at radius 1 is 1.11 bits per heavy atom. The van der Waals surface area contributed by atoms with Gasteiger partial charge in [-0.3, -0.25) is 0 Å². The monoisotopic (exact) mass is 281 g/mol. The van der Waals surface area contributed by atoms with Crippen LogP contribution in [0.2, 0.25) is 10.0 Å². The summed E-state index contributed by atoms with van der Waals surface area (Å²) in [5.41, 5.74) is 1.88. The van der Waals surface area contributed by atoms with E-state index < -0.39 is 0 Å². The Morgan fingerprint density at radius 2 is 1.89 bits per heavy atom. The topological polar surface area (TPSA) is 21.3 Å². The average molecular weight is 282 g/mol. The molecule has 94 valence electrons. The lowest BCUT2D eigenvalue weighted by Crippen LogP contribution is -2.02. The molecule has 4 heteroatoms. The highest BCUT2D eigenvalue weighted by atomic mass is 35.5. The Kier molecular flexibility index (Phi) is 4.34. The summed E-state index contributed by atoms with van der Waals surface area (Å²) in [6, 6.07) is 13.2. The highest BCUT2D eigenvalue weighted by Crippen LogP contribution is 2.27. The summed E-state index contributed by atoms with van der Waals surface area (Å²) in [6.07, 6.45) is 0. The van der Waals surface area contributed by atoms with E-state index in [1.54, 1.807) is 7.11 Å². The van der Waals surface area contributed by atoms with Gasteiger partial charge in [-0.05, 0) is 30.3 Å². The third kappa shape index (κ3) is 3.09. The standard InChI is InChI=1S/C14H13Cl2NO/c1-18-14-7-3-6-13(16)12(14)9-17-11-5-2-4-10(15)8-11/h2-8,17H,9H2,1H3. The van der Waals surface area contributed by atoms with Gasteiger partial charge in [0.25, 0.3) is 0 Å². The zero-order chi connectivity index (χ0) is 13.0. The zero-order valence-corrected chi connectivity index (χ0v) is 11.4. The Hall–Kier alpha value is -1.38. The molecule has 2 aromatic rings.